The molecule has 2 atom stereocenters. The van der Waals surface area contributed by atoms with Crippen LogP contribution in [0, 0.1) is 17.8 Å². The summed E-state index contributed by atoms with van der Waals surface area (Å²) >= 11 is 3.46. The molecule has 0 unspecified atom stereocenters. The predicted octanol–water partition coefficient (Wildman–Crippen LogP) is 4.51. The molecule has 2 saturated carbocycles. The van der Waals surface area contributed by atoms with Crippen molar-refractivity contribution in [3.63, 3.8) is 0 Å². The molecule has 1 amide bonds. The van der Waals surface area contributed by atoms with Crippen molar-refractivity contribution in [1.29, 1.82) is 0 Å². The van der Waals surface area contributed by atoms with Crippen LogP contribution in [0.5, 0.6) is 0 Å². The van der Waals surface area contributed by atoms with Gasteiger partial charge in [-0.1, -0.05) is 53.7 Å². The first-order chi connectivity index (χ1) is 10.7. The Bertz CT molecular complexity index is 570. The van der Waals surface area contributed by atoms with Gasteiger partial charge in [0, 0.05) is 10.4 Å². The SMILES string of the molecule is CC(=NNC(=O)C1[C@@H]2CCCCCC[C@@H]12)c1cccc(Br)c1. The lowest BCUT2D eigenvalue weighted by Crippen LogP contribution is -2.22. The number of rotatable bonds is 3. The van der Waals surface area contributed by atoms with Crippen LogP contribution in [-0.2, 0) is 4.79 Å². The lowest BCUT2D eigenvalue weighted by molar-refractivity contribution is -0.122. The lowest BCUT2D eigenvalue weighted by Gasteiger charge is -2.04. The van der Waals surface area contributed by atoms with E-state index in [1.165, 1.54) is 38.5 Å². The molecule has 3 rings (SSSR count). The first-order valence-corrected chi connectivity index (χ1v) is 9.06. The maximum atomic E-state index is 12.4. The number of fused-ring (bicyclic) bond motifs is 1. The van der Waals surface area contributed by atoms with Gasteiger partial charge in [-0.25, -0.2) is 5.43 Å². The molecule has 2 fully saturated rings. The summed E-state index contributed by atoms with van der Waals surface area (Å²) in [6, 6.07) is 7.97. The van der Waals surface area contributed by atoms with Crippen LogP contribution in [0.2, 0.25) is 0 Å². The van der Waals surface area contributed by atoms with Crippen LogP contribution in [-0.4, -0.2) is 11.6 Å². The monoisotopic (exact) mass is 362 g/mol. The molecule has 0 aliphatic heterocycles. The number of benzene rings is 1. The standard InChI is InChI=1S/C18H23BrN2O/c1-12(13-7-6-8-14(19)11-13)20-21-18(22)17-15-9-4-2-3-5-10-16(15)17/h6-8,11,15-17H,2-5,9-10H2,1H3,(H,21,22)/t15-,16-/m1/s1. The fourth-order valence-corrected chi connectivity index (χ4v) is 4.13. The zero-order valence-electron chi connectivity index (χ0n) is 13.0. The molecule has 118 valence electrons. The van der Waals surface area contributed by atoms with Crippen molar-refractivity contribution in [3.05, 3.63) is 34.3 Å². The first-order valence-electron chi connectivity index (χ1n) is 8.27. The highest BCUT2D eigenvalue weighted by molar-refractivity contribution is 9.10. The van der Waals surface area contributed by atoms with E-state index in [4.69, 9.17) is 0 Å². The quantitative estimate of drug-likeness (QED) is 0.623. The Hall–Kier alpha value is -1.16. The van der Waals surface area contributed by atoms with Crippen LogP contribution in [0.15, 0.2) is 33.8 Å². The highest BCUT2D eigenvalue weighted by atomic mass is 79.9. The number of nitrogens with one attached hydrogen (secondary N) is 1. The summed E-state index contributed by atoms with van der Waals surface area (Å²) < 4.78 is 1.02. The van der Waals surface area contributed by atoms with Crippen molar-refractivity contribution in [1.82, 2.24) is 5.43 Å². The minimum Gasteiger partial charge on any atom is -0.273 e. The molecule has 22 heavy (non-hydrogen) atoms. The van der Waals surface area contributed by atoms with Crippen LogP contribution < -0.4 is 5.43 Å². The molecule has 1 aromatic rings. The zero-order valence-corrected chi connectivity index (χ0v) is 14.6. The fourth-order valence-electron chi connectivity index (χ4n) is 3.73. The van der Waals surface area contributed by atoms with Gasteiger partial charge in [0.2, 0.25) is 5.91 Å². The van der Waals surface area contributed by atoms with Gasteiger partial charge >= 0.3 is 0 Å². The third-order valence-electron chi connectivity index (χ3n) is 5.04. The van der Waals surface area contributed by atoms with Crippen LogP contribution in [0.3, 0.4) is 0 Å². The van der Waals surface area contributed by atoms with Gasteiger partial charge in [0.25, 0.3) is 0 Å². The number of carbonyl (C=O) groups is 1. The summed E-state index contributed by atoms with van der Waals surface area (Å²) in [6.07, 6.45) is 7.67. The molecule has 0 radical (unpaired) electrons. The molecule has 0 saturated heterocycles. The van der Waals surface area contributed by atoms with Gasteiger partial charge < -0.3 is 0 Å². The van der Waals surface area contributed by atoms with Crippen molar-refractivity contribution < 1.29 is 4.79 Å². The highest BCUT2D eigenvalue weighted by Gasteiger charge is 2.53. The van der Waals surface area contributed by atoms with Gasteiger partial charge in [0.05, 0.1) is 5.71 Å². The fraction of sp³-hybridized carbons (Fsp3) is 0.556. The average Bonchev–Trinajstić information content (AvgIpc) is 3.15. The molecule has 2 aliphatic carbocycles. The largest absolute Gasteiger partial charge is 0.273 e. The molecule has 0 heterocycles. The molecule has 1 aromatic carbocycles. The number of hydrogen-bond acceptors (Lipinski definition) is 2. The van der Waals surface area contributed by atoms with E-state index in [9.17, 15) is 4.79 Å². The number of carbonyl (C=O) groups excluding carboxylic acids is 1. The van der Waals surface area contributed by atoms with Crippen LogP contribution >= 0.6 is 15.9 Å². The van der Waals surface area contributed by atoms with E-state index in [1.807, 2.05) is 31.2 Å². The molecule has 2 aliphatic rings. The Morgan fingerprint density at radius 1 is 1.18 bits per heavy atom. The number of halogens is 1. The second-order valence-electron chi connectivity index (χ2n) is 6.53. The highest BCUT2D eigenvalue weighted by Crippen LogP contribution is 2.53. The molecule has 3 nitrogen and oxygen atoms in total. The molecule has 4 heteroatoms. The Balaban J connectivity index is 1.59. The summed E-state index contributed by atoms with van der Waals surface area (Å²) in [5.41, 5.74) is 4.66. The zero-order chi connectivity index (χ0) is 15.5. The third-order valence-corrected chi connectivity index (χ3v) is 5.53. The minimum atomic E-state index is 0.117. The molecule has 0 spiro atoms. The minimum absolute atomic E-state index is 0.117. The number of hydrogen-bond donors (Lipinski definition) is 1. The van der Waals surface area contributed by atoms with Crippen molar-refractivity contribution >= 4 is 27.5 Å². The van der Waals surface area contributed by atoms with Crippen LogP contribution in [0.25, 0.3) is 0 Å². The molecule has 0 aromatic heterocycles. The second-order valence-corrected chi connectivity index (χ2v) is 7.44. The van der Waals surface area contributed by atoms with Gasteiger partial charge in [-0.2, -0.15) is 5.10 Å². The molecular weight excluding hydrogens is 340 g/mol. The van der Waals surface area contributed by atoms with E-state index in [-0.39, 0.29) is 11.8 Å². The van der Waals surface area contributed by atoms with Crippen molar-refractivity contribution in [2.75, 3.05) is 0 Å². The predicted molar refractivity (Wildman–Crippen MR) is 92.7 cm³/mol. The van der Waals surface area contributed by atoms with E-state index >= 15 is 0 Å². The average molecular weight is 363 g/mol. The summed E-state index contributed by atoms with van der Waals surface area (Å²) in [4.78, 5) is 12.4. The van der Waals surface area contributed by atoms with Gasteiger partial charge in [0.1, 0.15) is 0 Å². The topological polar surface area (TPSA) is 41.5 Å². The Morgan fingerprint density at radius 2 is 1.86 bits per heavy atom. The van der Waals surface area contributed by atoms with Crippen LogP contribution in [0.4, 0.5) is 0 Å². The number of nitrogens with zero attached hydrogens (tertiary/aromatic N) is 1. The van der Waals surface area contributed by atoms with E-state index in [2.05, 4.69) is 26.5 Å². The second kappa shape index (κ2) is 6.95. The van der Waals surface area contributed by atoms with Crippen molar-refractivity contribution in [2.45, 2.75) is 45.4 Å². The first kappa shape index (κ1) is 15.7. The normalized spacial score (nSPS) is 28.3. The van der Waals surface area contributed by atoms with Gasteiger partial charge in [-0.15, -0.1) is 0 Å². The lowest BCUT2D eigenvalue weighted by atomic mass is 10.0. The van der Waals surface area contributed by atoms with Gasteiger partial charge in [-0.05, 0) is 49.3 Å². The van der Waals surface area contributed by atoms with E-state index < -0.39 is 0 Å². The molecule has 1 N–H and O–H groups in total. The Labute approximate surface area is 140 Å². The summed E-state index contributed by atoms with van der Waals surface area (Å²) in [5, 5.41) is 4.30. The van der Waals surface area contributed by atoms with E-state index in [0.29, 0.717) is 11.8 Å². The summed E-state index contributed by atoms with van der Waals surface area (Å²) in [7, 11) is 0. The van der Waals surface area contributed by atoms with Gasteiger partial charge in [0.15, 0.2) is 0 Å². The summed E-state index contributed by atoms with van der Waals surface area (Å²) in [6.45, 7) is 1.93. The number of hydrazone groups is 1. The maximum absolute atomic E-state index is 12.4. The molecule has 0 bridgehead atoms. The number of amides is 1. The summed E-state index contributed by atoms with van der Waals surface area (Å²) in [5.74, 6) is 1.55. The maximum Gasteiger partial charge on any atom is 0.243 e. The Kier molecular flexibility index (Phi) is 4.97. The van der Waals surface area contributed by atoms with E-state index in [1.54, 1.807) is 0 Å². The molecular formula is C18H23BrN2O. The Morgan fingerprint density at radius 3 is 2.50 bits per heavy atom. The smallest absolute Gasteiger partial charge is 0.243 e. The van der Waals surface area contributed by atoms with Crippen molar-refractivity contribution in [2.24, 2.45) is 22.9 Å². The van der Waals surface area contributed by atoms with Crippen LogP contribution in [0.1, 0.15) is 51.0 Å². The van der Waals surface area contributed by atoms with Gasteiger partial charge in [-0.3, -0.25) is 4.79 Å². The third kappa shape index (κ3) is 3.60. The van der Waals surface area contributed by atoms with E-state index in [0.717, 1.165) is 15.7 Å². The van der Waals surface area contributed by atoms with Crippen molar-refractivity contribution in [3.8, 4) is 0 Å².